The van der Waals surface area contributed by atoms with Crippen molar-refractivity contribution >= 4 is 11.2 Å². The molecular formula is C11H15N3O. The van der Waals surface area contributed by atoms with Crippen molar-refractivity contribution < 1.29 is 4.42 Å². The number of hydrogen-bond donors (Lipinski definition) is 1. The number of fused-ring (bicyclic) bond motifs is 1. The zero-order chi connectivity index (χ0) is 10.8. The van der Waals surface area contributed by atoms with E-state index in [1.165, 1.54) is 0 Å². The fourth-order valence-electron chi connectivity index (χ4n) is 1.55. The SMILES string of the molecule is CC(C)CC(N)c1nc2cccnc2o1. The fourth-order valence-corrected chi connectivity index (χ4v) is 1.55. The standard InChI is InChI=1S/C11H15N3O/c1-7(2)6-8(12)10-14-9-4-3-5-13-11(9)15-10/h3-5,7-8H,6,12H2,1-2H3. The second kappa shape index (κ2) is 3.98. The molecule has 2 aromatic heterocycles. The van der Waals surface area contributed by atoms with Crippen LogP contribution in [0, 0.1) is 5.92 Å². The molecule has 0 amide bonds. The third kappa shape index (κ3) is 2.15. The Kier molecular flexibility index (Phi) is 2.68. The molecule has 80 valence electrons. The Labute approximate surface area is 88.5 Å². The highest BCUT2D eigenvalue weighted by atomic mass is 16.4. The summed E-state index contributed by atoms with van der Waals surface area (Å²) < 4.78 is 5.48. The number of aromatic nitrogens is 2. The number of oxazole rings is 1. The maximum atomic E-state index is 5.98. The molecule has 0 aliphatic heterocycles. The Morgan fingerprint density at radius 2 is 2.27 bits per heavy atom. The van der Waals surface area contributed by atoms with Gasteiger partial charge in [-0.15, -0.1) is 0 Å². The van der Waals surface area contributed by atoms with E-state index in [9.17, 15) is 0 Å². The van der Waals surface area contributed by atoms with Gasteiger partial charge < -0.3 is 10.2 Å². The highest BCUT2D eigenvalue weighted by Crippen LogP contribution is 2.21. The molecule has 0 fully saturated rings. The summed E-state index contributed by atoms with van der Waals surface area (Å²) in [5, 5.41) is 0. The van der Waals surface area contributed by atoms with Crippen LogP contribution in [0.4, 0.5) is 0 Å². The lowest BCUT2D eigenvalue weighted by molar-refractivity contribution is 0.414. The predicted octanol–water partition coefficient (Wildman–Crippen LogP) is 2.27. The van der Waals surface area contributed by atoms with Gasteiger partial charge in [0.1, 0.15) is 5.52 Å². The van der Waals surface area contributed by atoms with E-state index in [2.05, 4.69) is 23.8 Å². The van der Waals surface area contributed by atoms with Gasteiger partial charge in [-0.2, -0.15) is 0 Å². The monoisotopic (exact) mass is 205 g/mol. The summed E-state index contributed by atoms with van der Waals surface area (Å²) in [7, 11) is 0. The number of nitrogens with zero attached hydrogens (tertiary/aromatic N) is 2. The van der Waals surface area contributed by atoms with Crippen molar-refractivity contribution in [2.75, 3.05) is 0 Å². The summed E-state index contributed by atoms with van der Waals surface area (Å²) in [6.07, 6.45) is 2.55. The second-order valence-electron chi connectivity index (χ2n) is 4.12. The summed E-state index contributed by atoms with van der Waals surface area (Å²) >= 11 is 0. The minimum absolute atomic E-state index is 0.140. The van der Waals surface area contributed by atoms with Crippen LogP contribution in [0.25, 0.3) is 11.2 Å². The van der Waals surface area contributed by atoms with Crippen LogP contribution in [0.3, 0.4) is 0 Å². The first-order valence-electron chi connectivity index (χ1n) is 5.14. The maximum absolute atomic E-state index is 5.98. The van der Waals surface area contributed by atoms with E-state index in [0.29, 0.717) is 17.5 Å². The van der Waals surface area contributed by atoms with E-state index in [4.69, 9.17) is 10.2 Å². The molecule has 2 rings (SSSR count). The van der Waals surface area contributed by atoms with Crippen LogP contribution in [0.15, 0.2) is 22.7 Å². The average Bonchev–Trinajstić information content (AvgIpc) is 2.59. The van der Waals surface area contributed by atoms with E-state index in [1.54, 1.807) is 6.20 Å². The van der Waals surface area contributed by atoms with Gasteiger partial charge in [0.25, 0.3) is 0 Å². The van der Waals surface area contributed by atoms with E-state index in [-0.39, 0.29) is 6.04 Å². The summed E-state index contributed by atoms with van der Waals surface area (Å²) in [5.74, 6) is 1.11. The van der Waals surface area contributed by atoms with Gasteiger partial charge in [0.05, 0.1) is 6.04 Å². The molecule has 0 spiro atoms. The normalized spacial score (nSPS) is 13.6. The van der Waals surface area contributed by atoms with Gasteiger partial charge in [0.15, 0.2) is 0 Å². The van der Waals surface area contributed by atoms with E-state index < -0.39 is 0 Å². The largest absolute Gasteiger partial charge is 0.421 e. The summed E-state index contributed by atoms with van der Waals surface area (Å²) in [5.41, 5.74) is 7.31. The minimum Gasteiger partial charge on any atom is -0.421 e. The van der Waals surface area contributed by atoms with Crippen LogP contribution in [-0.4, -0.2) is 9.97 Å². The van der Waals surface area contributed by atoms with Crippen molar-refractivity contribution in [3.05, 3.63) is 24.2 Å². The van der Waals surface area contributed by atoms with Crippen molar-refractivity contribution in [1.29, 1.82) is 0 Å². The number of nitrogens with two attached hydrogens (primary N) is 1. The summed E-state index contributed by atoms with van der Waals surface area (Å²) in [6, 6.07) is 3.57. The quantitative estimate of drug-likeness (QED) is 0.834. The molecule has 1 atom stereocenters. The van der Waals surface area contributed by atoms with E-state index >= 15 is 0 Å². The van der Waals surface area contributed by atoms with E-state index in [0.717, 1.165) is 11.9 Å². The Bertz CT molecular complexity index is 417. The molecule has 4 heteroatoms. The van der Waals surface area contributed by atoms with Crippen LogP contribution in [0.1, 0.15) is 32.2 Å². The Morgan fingerprint density at radius 1 is 1.47 bits per heavy atom. The molecule has 0 saturated heterocycles. The zero-order valence-corrected chi connectivity index (χ0v) is 8.97. The van der Waals surface area contributed by atoms with Crippen LogP contribution in [0.2, 0.25) is 0 Å². The lowest BCUT2D eigenvalue weighted by Crippen LogP contribution is -2.13. The maximum Gasteiger partial charge on any atom is 0.247 e. The molecule has 1 unspecified atom stereocenters. The molecule has 2 aromatic rings. The first-order valence-corrected chi connectivity index (χ1v) is 5.14. The molecule has 2 N–H and O–H groups in total. The molecular weight excluding hydrogens is 190 g/mol. The molecule has 4 nitrogen and oxygen atoms in total. The molecule has 2 heterocycles. The molecule has 15 heavy (non-hydrogen) atoms. The third-order valence-corrected chi connectivity index (χ3v) is 2.23. The van der Waals surface area contributed by atoms with Crippen LogP contribution >= 0.6 is 0 Å². The minimum atomic E-state index is -0.140. The molecule has 0 aromatic carbocycles. The van der Waals surface area contributed by atoms with Crippen molar-refractivity contribution in [3.63, 3.8) is 0 Å². The predicted molar refractivity (Wildman–Crippen MR) is 58.2 cm³/mol. The lowest BCUT2D eigenvalue weighted by Gasteiger charge is -2.09. The fraction of sp³-hybridized carbons (Fsp3) is 0.455. The zero-order valence-electron chi connectivity index (χ0n) is 8.97. The first-order chi connectivity index (χ1) is 7.16. The van der Waals surface area contributed by atoms with Crippen LogP contribution in [0.5, 0.6) is 0 Å². The molecule has 0 saturated carbocycles. The smallest absolute Gasteiger partial charge is 0.247 e. The molecule has 0 aliphatic rings. The second-order valence-corrected chi connectivity index (χ2v) is 4.12. The summed E-state index contributed by atoms with van der Waals surface area (Å²) in [4.78, 5) is 8.39. The Balaban J connectivity index is 2.28. The molecule has 0 bridgehead atoms. The van der Waals surface area contributed by atoms with Gasteiger partial charge in [-0.25, -0.2) is 9.97 Å². The van der Waals surface area contributed by atoms with Gasteiger partial charge in [0.2, 0.25) is 11.6 Å². The van der Waals surface area contributed by atoms with Crippen molar-refractivity contribution in [2.45, 2.75) is 26.3 Å². The average molecular weight is 205 g/mol. The van der Waals surface area contributed by atoms with Crippen LogP contribution in [-0.2, 0) is 0 Å². The highest BCUT2D eigenvalue weighted by molar-refractivity contribution is 5.67. The van der Waals surface area contributed by atoms with Crippen molar-refractivity contribution in [2.24, 2.45) is 11.7 Å². The molecule has 0 radical (unpaired) electrons. The van der Waals surface area contributed by atoms with Gasteiger partial charge in [0, 0.05) is 6.20 Å². The number of rotatable bonds is 3. The Hall–Kier alpha value is -1.42. The van der Waals surface area contributed by atoms with Gasteiger partial charge in [-0.1, -0.05) is 13.8 Å². The number of pyridine rings is 1. The first kappa shape index (κ1) is 10.1. The Morgan fingerprint density at radius 3 is 2.93 bits per heavy atom. The van der Waals surface area contributed by atoms with Crippen LogP contribution < -0.4 is 5.73 Å². The third-order valence-electron chi connectivity index (χ3n) is 2.23. The van der Waals surface area contributed by atoms with Gasteiger partial charge >= 0.3 is 0 Å². The van der Waals surface area contributed by atoms with Gasteiger partial charge in [-0.3, -0.25) is 0 Å². The summed E-state index contributed by atoms with van der Waals surface area (Å²) in [6.45, 7) is 4.25. The van der Waals surface area contributed by atoms with Gasteiger partial charge in [-0.05, 0) is 24.5 Å². The lowest BCUT2D eigenvalue weighted by atomic mass is 10.0. The van der Waals surface area contributed by atoms with E-state index in [1.807, 2.05) is 12.1 Å². The van der Waals surface area contributed by atoms with Crippen molar-refractivity contribution in [1.82, 2.24) is 9.97 Å². The van der Waals surface area contributed by atoms with Crippen molar-refractivity contribution in [3.8, 4) is 0 Å². The molecule has 0 aliphatic carbocycles. The topological polar surface area (TPSA) is 64.9 Å². The number of hydrogen-bond acceptors (Lipinski definition) is 4. The highest BCUT2D eigenvalue weighted by Gasteiger charge is 2.15.